The number of methoxy groups -OCH3 is 1. The van der Waals surface area contributed by atoms with Crippen molar-refractivity contribution in [3.8, 4) is 5.75 Å². The number of hydrogen-bond acceptors (Lipinski definition) is 2. The van der Waals surface area contributed by atoms with E-state index in [1.54, 1.807) is 7.11 Å². The second-order valence-electron chi connectivity index (χ2n) is 3.80. The summed E-state index contributed by atoms with van der Waals surface area (Å²) in [5, 5.41) is 1.49. The Kier molecular flexibility index (Phi) is 4.19. The maximum Gasteiger partial charge on any atom is 0.129 e. The van der Waals surface area contributed by atoms with E-state index in [9.17, 15) is 8.78 Å². The Balaban J connectivity index is 2.13. The van der Waals surface area contributed by atoms with Crippen molar-refractivity contribution in [1.29, 1.82) is 0 Å². The van der Waals surface area contributed by atoms with Crippen LogP contribution in [0, 0.1) is 11.6 Å². The molecule has 0 radical (unpaired) electrons. The zero-order valence-electron chi connectivity index (χ0n) is 9.62. The molecule has 0 bridgehead atoms. The van der Waals surface area contributed by atoms with Gasteiger partial charge in [0.15, 0.2) is 0 Å². The predicted molar refractivity (Wildman–Crippen MR) is 69.5 cm³/mol. The molecule has 0 aliphatic carbocycles. The minimum Gasteiger partial charge on any atom is -0.496 e. The third kappa shape index (κ3) is 3.00. The molecule has 1 unspecified atom stereocenters. The van der Waals surface area contributed by atoms with Gasteiger partial charge in [0, 0.05) is 16.3 Å². The van der Waals surface area contributed by atoms with Gasteiger partial charge in [0.1, 0.15) is 17.4 Å². The van der Waals surface area contributed by atoms with Crippen LogP contribution in [0.25, 0.3) is 0 Å². The summed E-state index contributed by atoms with van der Waals surface area (Å²) in [6.45, 7) is 0. The van der Waals surface area contributed by atoms with E-state index in [1.807, 2.05) is 11.4 Å². The molecule has 0 saturated heterocycles. The van der Waals surface area contributed by atoms with Gasteiger partial charge in [0.05, 0.1) is 12.5 Å². The number of thiophene rings is 1. The lowest BCUT2D eigenvalue weighted by Gasteiger charge is -2.08. The lowest BCUT2D eigenvalue weighted by atomic mass is 10.1. The van der Waals surface area contributed by atoms with E-state index < -0.39 is 11.6 Å². The Morgan fingerprint density at radius 3 is 2.72 bits per heavy atom. The van der Waals surface area contributed by atoms with E-state index in [2.05, 4.69) is 0 Å². The number of halogens is 3. The van der Waals surface area contributed by atoms with Crippen LogP contribution < -0.4 is 4.74 Å². The van der Waals surface area contributed by atoms with Crippen molar-refractivity contribution < 1.29 is 13.5 Å². The zero-order valence-corrected chi connectivity index (χ0v) is 11.2. The first kappa shape index (κ1) is 13.3. The van der Waals surface area contributed by atoms with Crippen molar-refractivity contribution in [2.45, 2.75) is 11.8 Å². The van der Waals surface area contributed by atoms with E-state index in [-0.39, 0.29) is 5.38 Å². The largest absolute Gasteiger partial charge is 0.496 e. The van der Waals surface area contributed by atoms with E-state index in [0.29, 0.717) is 12.0 Å². The van der Waals surface area contributed by atoms with Crippen LogP contribution in [0.15, 0.2) is 29.6 Å². The highest BCUT2D eigenvalue weighted by atomic mass is 35.5. The fourth-order valence-electron chi connectivity index (χ4n) is 1.59. The zero-order chi connectivity index (χ0) is 13.1. The fourth-order valence-corrected chi connectivity index (χ4v) is 2.80. The van der Waals surface area contributed by atoms with E-state index in [0.717, 1.165) is 16.7 Å². The third-order valence-electron chi connectivity index (χ3n) is 2.55. The van der Waals surface area contributed by atoms with Crippen molar-refractivity contribution in [1.82, 2.24) is 0 Å². The summed E-state index contributed by atoms with van der Waals surface area (Å²) < 4.78 is 31.3. The minimum atomic E-state index is -0.583. The second kappa shape index (κ2) is 5.67. The van der Waals surface area contributed by atoms with Crippen molar-refractivity contribution in [3.05, 3.63) is 51.7 Å². The molecule has 0 spiro atoms. The van der Waals surface area contributed by atoms with E-state index >= 15 is 0 Å². The number of rotatable bonds is 4. The van der Waals surface area contributed by atoms with Gasteiger partial charge in [-0.05, 0) is 24.1 Å². The molecule has 18 heavy (non-hydrogen) atoms. The lowest BCUT2D eigenvalue weighted by Crippen LogP contribution is -1.97. The average molecular weight is 289 g/mol. The Hall–Kier alpha value is -1.13. The molecule has 5 heteroatoms. The molecule has 1 nitrogen and oxygen atoms in total. The maximum absolute atomic E-state index is 13.5. The van der Waals surface area contributed by atoms with Crippen LogP contribution in [0.2, 0.25) is 0 Å². The molecule has 1 atom stereocenters. The van der Waals surface area contributed by atoms with Crippen LogP contribution in [0.4, 0.5) is 8.78 Å². The molecule has 1 heterocycles. The average Bonchev–Trinajstić information content (AvgIpc) is 2.81. The molecular weight excluding hydrogens is 278 g/mol. The first-order valence-electron chi connectivity index (χ1n) is 5.30. The first-order chi connectivity index (χ1) is 8.60. The van der Waals surface area contributed by atoms with Gasteiger partial charge in [-0.25, -0.2) is 8.78 Å². The Morgan fingerprint density at radius 2 is 2.11 bits per heavy atom. The summed E-state index contributed by atoms with van der Waals surface area (Å²) in [6.07, 6.45) is 0.317. The van der Waals surface area contributed by atoms with E-state index in [4.69, 9.17) is 16.3 Å². The molecule has 0 aliphatic rings. The van der Waals surface area contributed by atoms with Gasteiger partial charge in [-0.2, -0.15) is 0 Å². The number of benzene rings is 1. The summed E-state index contributed by atoms with van der Waals surface area (Å²) >= 11 is 7.67. The van der Waals surface area contributed by atoms with Gasteiger partial charge < -0.3 is 4.74 Å². The Labute approximate surface area is 113 Å². The van der Waals surface area contributed by atoms with Gasteiger partial charge in [0.25, 0.3) is 0 Å². The molecule has 1 aromatic carbocycles. The monoisotopic (exact) mass is 288 g/mol. The van der Waals surface area contributed by atoms with Crippen molar-refractivity contribution in [2.75, 3.05) is 7.11 Å². The van der Waals surface area contributed by atoms with Crippen LogP contribution in [0.1, 0.15) is 15.8 Å². The number of alkyl halides is 1. The number of hydrogen-bond donors (Lipinski definition) is 0. The molecule has 2 aromatic rings. The molecule has 1 aromatic heterocycles. The highest BCUT2D eigenvalue weighted by Crippen LogP contribution is 2.33. The minimum absolute atomic E-state index is 0.317. The van der Waals surface area contributed by atoms with Crippen LogP contribution >= 0.6 is 22.9 Å². The maximum atomic E-state index is 13.5. The quantitative estimate of drug-likeness (QED) is 0.750. The van der Waals surface area contributed by atoms with Crippen LogP contribution in [0.5, 0.6) is 5.75 Å². The highest BCUT2D eigenvalue weighted by Gasteiger charge is 2.14. The van der Waals surface area contributed by atoms with Gasteiger partial charge in [-0.3, -0.25) is 0 Å². The van der Waals surface area contributed by atoms with Crippen LogP contribution in [-0.2, 0) is 6.42 Å². The predicted octanol–water partition coefficient (Wildman–Crippen LogP) is 4.56. The fraction of sp³-hybridized carbons (Fsp3) is 0.231. The van der Waals surface area contributed by atoms with Crippen molar-refractivity contribution >= 4 is 22.9 Å². The first-order valence-corrected chi connectivity index (χ1v) is 6.62. The van der Waals surface area contributed by atoms with Crippen LogP contribution in [-0.4, -0.2) is 7.11 Å². The summed E-state index contributed by atoms with van der Waals surface area (Å²) in [5.74, 6) is -0.412. The standard InChI is InChI=1S/C13H11ClF2OS/c1-17-10-6-13(18-7-10)11(14)4-8-2-3-9(15)5-12(8)16/h2-3,5-7,11H,4H2,1H3. The molecule has 0 saturated carbocycles. The third-order valence-corrected chi connectivity index (χ3v) is 4.10. The molecular formula is C13H11ClF2OS. The SMILES string of the molecule is COc1csc(C(Cl)Cc2ccc(F)cc2F)c1. The van der Waals surface area contributed by atoms with Gasteiger partial charge >= 0.3 is 0 Å². The lowest BCUT2D eigenvalue weighted by molar-refractivity contribution is 0.416. The molecule has 2 rings (SSSR count). The molecule has 96 valence electrons. The molecule has 0 amide bonds. The van der Waals surface area contributed by atoms with Crippen molar-refractivity contribution in [3.63, 3.8) is 0 Å². The van der Waals surface area contributed by atoms with Crippen LogP contribution in [0.3, 0.4) is 0 Å². The summed E-state index contributed by atoms with van der Waals surface area (Å²) in [5.41, 5.74) is 0.406. The van der Waals surface area contributed by atoms with Gasteiger partial charge in [-0.1, -0.05) is 6.07 Å². The normalized spacial score (nSPS) is 12.4. The Morgan fingerprint density at radius 1 is 1.33 bits per heavy atom. The molecule has 0 aliphatic heterocycles. The van der Waals surface area contributed by atoms with Gasteiger partial charge in [-0.15, -0.1) is 22.9 Å². The second-order valence-corrected chi connectivity index (χ2v) is 5.27. The van der Waals surface area contributed by atoms with Gasteiger partial charge in [0.2, 0.25) is 0 Å². The topological polar surface area (TPSA) is 9.23 Å². The smallest absolute Gasteiger partial charge is 0.129 e. The Bertz CT molecular complexity index is 542. The summed E-state index contributed by atoms with van der Waals surface area (Å²) in [7, 11) is 1.58. The van der Waals surface area contributed by atoms with Crippen molar-refractivity contribution in [2.24, 2.45) is 0 Å². The summed E-state index contributed by atoms with van der Waals surface area (Å²) in [4.78, 5) is 0.900. The molecule has 0 N–H and O–H groups in total. The summed E-state index contributed by atoms with van der Waals surface area (Å²) in [6, 6.07) is 5.35. The number of ether oxygens (including phenoxy) is 1. The molecule has 0 fully saturated rings. The van der Waals surface area contributed by atoms with E-state index in [1.165, 1.54) is 23.5 Å². The highest BCUT2D eigenvalue weighted by molar-refractivity contribution is 7.10.